The second kappa shape index (κ2) is 7.36. The molecule has 3 rings (SSSR count). The summed E-state index contributed by atoms with van der Waals surface area (Å²) in [6.07, 6.45) is 0. The summed E-state index contributed by atoms with van der Waals surface area (Å²) in [7, 11) is 1.81. The highest BCUT2D eigenvalue weighted by molar-refractivity contribution is 8.00. The van der Waals surface area contributed by atoms with Crippen LogP contribution in [0, 0.1) is 0 Å². The van der Waals surface area contributed by atoms with Gasteiger partial charge in [0.25, 0.3) is 0 Å². The lowest BCUT2D eigenvalue weighted by Crippen LogP contribution is -2.32. The van der Waals surface area contributed by atoms with Gasteiger partial charge in [0.1, 0.15) is 0 Å². The zero-order chi connectivity index (χ0) is 17.1. The Morgan fingerprint density at radius 2 is 1.92 bits per heavy atom. The fourth-order valence-corrected chi connectivity index (χ4v) is 3.58. The van der Waals surface area contributed by atoms with E-state index in [0.717, 1.165) is 22.0 Å². The van der Waals surface area contributed by atoms with Crippen LogP contribution in [0.15, 0.2) is 47.4 Å². The first kappa shape index (κ1) is 17.0. The molecule has 0 saturated carbocycles. The molecule has 1 aliphatic heterocycles. The van der Waals surface area contributed by atoms with Crippen LogP contribution in [0.25, 0.3) is 0 Å². The number of carbonyl (C=O) groups is 1. The summed E-state index contributed by atoms with van der Waals surface area (Å²) >= 11 is 7.41. The minimum absolute atomic E-state index is 0.0765. The van der Waals surface area contributed by atoms with Gasteiger partial charge in [-0.3, -0.25) is 4.79 Å². The monoisotopic (exact) mass is 363 g/mol. The molecule has 126 valence electrons. The van der Waals surface area contributed by atoms with Gasteiger partial charge in [-0.15, -0.1) is 11.8 Å². The first-order valence-electron chi connectivity index (χ1n) is 7.58. The molecule has 2 aromatic rings. The molecule has 1 aliphatic rings. The lowest BCUT2D eigenvalue weighted by atomic mass is 10.2. The van der Waals surface area contributed by atoms with E-state index in [9.17, 15) is 4.79 Å². The van der Waals surface area contributed by atoms with E-state index in [1.54, 1.807) is 4.90 Å². The Balaban J connectivity index is 1.60. The number of fused-ring (bicyclic) bond motifs is 1. The number of benzene rings is 2. The lowest BCUT2D eigenvalue weighted by molar-refractivity contribution is -0.129. The van der Waals surface area contributed by atoms with Gasteiger partial charge in [-0.1, -0.05) is 17.7 Å². The third kappa shape index (κ3) is 3.97. The number of ether oxygens (including phenoxy) is 2. The zero-order valence-corrected chi connectivity index (χ0v) is 15.1. The van der Waals surface area contributed by atoms with E-state index in [2.05, 4.69) is 0 Å². The van der Waals surface area contributed by atoms with Crippen LogP contribution in [-0.4, -0.2) is 29.9 Å². The summed E-state index contributed by atoms with van der Waals surface area (Å²) in [6.45, 7) is 2.70. The van der Waals surface area contributed by atoms with Gasteiger partial charge < -0.3 is 14.4 Å². The molecule has 6 heteroatoms. The minimum Gasteiger partial charge on any atom is -0.454 e. The Hall–Kier alpha value is -1.85. The number of nitrogens with zero attached hydrogens (tertiary/aromatic N) is 1. The van der Waals surface area contributed by atoms with Gasteiger partial charge in [-0.25, -0.2) is 0 Å². The first-order chi connectivity index (χ1) is 11.5. The van der Waals surface area contributed by atoms with Crippen LogP contribution in [-0.2, 0) is 11.3 Å². The summed E-state index contributed by atoms with van der Waals surface area (Å²) in [5.74, 6) is 1.56. The highest BCUT2D eigenvalue weighted by Crippen LogP contribution is 2.33. The number of thioether (sulfide) groups is 1. The van der Waals surface area contributed by atoms with Crippen molar-refractivity contribution in [3.8, 4) is 11.5 Å². The molecule has 0 radical (unpaired) electrons. The van der Waals surface area contributed by atoms with E-state index in [4.69, 9.17) is 21.1 Å². The third-order valence-electron chi connectivity index (χ3n) is 3.71. The van der Waals surface area contributed by atoms with Gasteiger partial charge in [0.05, 0.1) is 5.25 Å². The van der Waals surface area contributed by atoms with Crippen molar-refractivity contribution in [2.24, 2.45) is 0 Å². The van der Waals surface area contributed by atoms with E-state index in [1.807, 2.05) is 56.4 Å². The third-order valence-corrected chi connectivity index (χ3v) is 5.06. The largest absolute Gasteiger partial charge is 0.454 e. The molecular weight excluding hydrogens is 346 g/mol. The molecule has 0 fully saturated rings. The van der Waals surface area contributed by atoms with E-state index >= 15 is 0 Å². The smallest absolute Gasteiger partial charge is 0.235 e. The van der Waals surface area contributed by atoms with Crippen molar-refractivity contribution in [2.45, 2.75) is 23.6 Å². The average Bonchev–Trinajstić information content (AvgIpc) is 3.03. The van der Waals surface area contributed by atoms with Crippen molar-refractivity contribution in [3.05, 3.63) is 53.1 Å². The second-order valence-corrected chi connectivity index (χ2v) is 7.45. The number of halogens is 1. The second-order valence-electron chi connectivity index (χ2n) is 5.60. The Bertz CT molecular complexity index is 736. The van der Waals surface area contributed by atoms with E-state index in [-0.39, 0.29) is 18.0 Å². The normalized spacial score (nSPS) is 13.6. The van der Waals surface area contributed by atoms with Crippen molar-refractivity contribution in [2.75, 3.05) is 13.8 Å². The molecule has 0 saturated heterocycles. The minimum atomic E-state index is -0.176. The Morgan fingerprint density at radius 1 is 1.21 bits per heavy atom. The highest BCUT2D eigenvalue weighted by atomic mass is 35.5. The topological polar surface area (TPSA) is 38.8 Å². The molecule has 0 aromatic heterocycles. The molecule has 1 amide bonds. The van der Waals surface area contributed by atoms with E-state index in [0.29, 0.717) is 11.6 Å². The average molecular weight is 364 g/mol. The lowest BCUT2D eigenvalue weighted by Gasteiger charge is -2.21. The maximum Gasteiger partial charge on any atom is 0.235 e. The summed E-state index contributed by atoms with van der Waals surface area (Å²) in [5, 5.41) is 0.517. The number of hydrogen-bond donors (Lipinski definition) is 0. The molecule has 0 aliphatic carbocycles. The Morgan fingerprint density at radius 3 is 2.67 bits per heavy atom. The quantitative estimate of drug-likeness (QED) is 0.746. The standard InChI is InChI=1S/C18H18ClNO3S/c1-12(24-15-6-4-14(19)5-7-15)18(21)20(2)10-13-3-8-16-17(9-13)23-11-22-16/h3-9,12H,10-11H2,1-2H3. The fourth-order valence-electron chi connectivity index (χ4n) is 2.47. The molecular formula is C18H18ClNO3S. The molecule has 0 spiro atoms. The molecule has 2 aromatic carbocycles. The molecule has 24 heavy (non-hydrogen) atoms. The molecule has 1 heterocycles. The maximum absolute atomic E-state index is 12.6. The van der Waals surface area contributed by atoms with Gasteiger partial charge in [-0.2, -0.15) is 0 Å². The van der Waals surface area contributed by atoms with Crippen molar-refractivity contribution in [1.29, 1.82) is 0 Å². The van der Waals surface area contributed by atoms with Crippen LogP contribution in [0.5, 0.6) is 11.5 Å². The molecule has 1 unspecified atom stereocenters. The summed E-state index contributed by atoms with van der Waals surface area (Å²) in [6, 6.07) is 13.3. The summed E-state index contributed by atoms with van der Waals surface area (Å²) in [4.78, 5) is 15.3. The van der Waals surface area contributed by atoms with Gasteiger partial charge >= 0.3 is 0 Å². The van der Waals surface area contributed by atoms with E-state index < -0.39 is 0 Å². The van der Waals surface area contributed by atoms with Crippen molar-refractivity contribution < 1.29 is 14.3 Å². The predicted octanol–water partition coefficient (Wildman–Crippen LogP) is 4.21. The number of carbonyl (C=O) groups excluding carboxylic acids is 1. The van der Waals surface area contributed by atoms with Gasteiger partial charge in [-0.05, 0) is 48.9 Å². The van der Waals surface area contributed by atoms with Crippen LogP contribution < -0.4 is 9.47 Å². The highest BCUT2D eigenvalue weighted by Gasteiger charge is 2.20. The van der Waals surface area contributed by atoms with Crippen molar-refractivity contribution in [3.63, 3.8) is 0 Å². The van der Waals surface area contributed by atoms with E-state index in [1.165, 1.54) is 11.8 Å². The Labute approximate surface area is 150 Å². The van der Waals surface area contributed by atoms with Gasteiger partial charge in [0.2, 0.25) is 12.7 Å². The fraction of sp³-hybridized carbons (Fsp3) is 0.278. The van der Waals surface area contributed by atoms with Gasteiger partial charge in [0.15, 0.2) is 11.5 Å². The van der Waals surface area contributed by atoms with Crippen molar-refractivity contribution >= 4 is 29.3 Å². The number of rotatable bonds is 5. The summed E-state index contributed by atoms with van der Waals surface area (Å²) < 4.78 is 10.7. The number of hydrogen-bond acceptors (Lipinski definition) is 4. The maximum atomic E-state index is 12.6. The van der Waals surface area contributed by atoms with Crippen LogP contribution in [0.2, 0.25) is 5.02 Å². The van der Waals surface area contributed by atoms with Crippen LogP contribution in [0.3, 0.4) is 0 Å². The van der Waals surface area contributed by atoms with Crippen LogP contribution in [0.1, 0.15) is 12.5 Å². The van der Waals surface area contributed by atoms with Crippen molar-refractivity contribution in [1.82, 2.24) is 4.90 Å². The summed E-state index contributed by atoms with van der Waals surface area (Å²) in [5.41, 5.74) is 1.01. The molecule has 4 nitrogen and oxygen atoms in total. The first-order valence-corrected chi connectivity index (χ1v) is 8.84. The molecule has 1 atom stereocenters. The van der Waals surface area contributed by atoms with Crippen LogP contribution >= 0.6 is 23.4 Å². The SMILES string of the molecule is CC(Sc1ccc(Cl)cc1)C(=O)N(C)Cc1ccc2c(c1)OCO2. The van der Waals surface area contributed by atoms with Gasteiger partial charge in [0, 0.05) is 23.5 Å². The number of amides is 1. The molecule has 0 N–H and O–H groups in total. The van der Waals surface area contributed by atoms with Crippen LogP contribution in [0.4, 0.5) is 0 Å². The Kier molecular flexibility index (Phi) is 5.21. The predicted molar refractivity (Wildman–Crippen MR) is 95.8 cm³/mol. The molecule has 0 bridgehead atoms. The zero-order valence-electron chi connectivity index (χ0n) is 13.5.